The summed E-state index contributed by atoms with van der Waals surface area (Å²) in [5, 5.41) is 11.4. The molecule has 0 spiro atoms. The standard InChI is InChI=1S/C13H14O/c1-10-2-4-12-5-3-11(6-7-14)9-13(12)8-10/h2-5,8-9,14H,6-7H2,1H3. The Kier molecular flexibility index (Phi) is 2.51. The molecule has 0 fully saturated rings. The molecule has 0 unspecified atom stereocenters. The number of fused-ring (bicyclic) bond motifs is 1. The van der Waals surface area contributed by atoms with Crippen molar-refractivity contribution in [3.63, 3.8) is 0 Å². The van der Waals surface area contributed by atoms with Crippen molar-refractivity contribution in [1.29, 1.82) is 0 Å². The van der Waals surface area contributed by atoms with Gasteiger partial charge in [0.05, 0.1) is 0 Å². The molecule has 1 N–H and O–H groups in total. The van der Waals surface area contributed by atoms with E-state index in [2.05, 4.69) is 43.3 Å². The van der Waals surface area contributed by atoms with Gasteiger partial charge in [0.25, 0.3) is 0 Å². The Morgan fingerprint density at radius 2 is 1.79 bits per heavy atom. The number of aliphatic hydroxyl groups is 1. The van der Waals surface area contributed by atoms with Crippen molar-refractivity contribution in [2.45, 2.75) is 13.3 Å². The molecule has 0 radical (unpaired) electrons. The fourth-order valence-corrected chi connectivity index (χ4v) is 1.70. The van der Waals surface area contributed by atoms with Crippen LogP contribution in [0.2, 0.25) is 0 Å². The highest BCUT2D eigenvalue weighted by atomic mass is 16.2. The van der Waals surface area contributed by atoms with E-state index in [1.54, 1.807) is 0 Å². The fourth-order valence-electron chi connectivity index (χ4n) is 1.70. The van der Waals surface area contributed by atoms with Gasteiger partial charge in [-0.05, 0) is 29.7 Å². The third-order valence-corrected chi connectivity index (χ3v) is 2.46. The average Bonchev–Trinajstić information content (AvgIpc) is 2.17. The minimum Gasteiger partial charge on any atom is -0.396 e. The van der Waals surface area contributed by atoms with Crippen LogP contribution >= 0.6 is 0 Å². The average molecular weight is 186 g/mol. The molecule has 1 nitrogen and oxygen atoms in total. The second-order valence-electron chi connectivity index (χ2n) is 3.66. The summed E-state index contributed by atoms with van der Waals surface area (Å²) in [4.78, 5) is 0. The molecule has 0 aliphatic carbocycles. The first-order valence-corrected chi connectivity index (χ1v) is 4.90. The molecule has 0 amide bonds. The number of aliphatic hydroxyl groups excluding tert-OH is 1. The minimum absolute atomic E-state index is 0.220. The molecule has 14 heavy (non-hydrogen) atoms. The Morgan fingerprint density at radius 1 is 1.00 bits per heavy atom. The maximum atomic E-state index is 8.85. The third kappa shape index (κ3) is 1.78. The predicted octanol–water partition coefficient (Wildman–Crippen LogP) is 2.68. The highest BCUT2D eigenvalue weighted by molar-refractivity contribution is 5.83. The van der Waals surface area contributed by atoms with Crippen LogP contribution in [0.5, 0.6) is 0 Å². The minimum atomic E-state index is 0.220. The second-order valence-corrected chi connectivity index (χ2v) is 3.66. The van der Waals surface area contributed by atoms with E-state index in [1.165, 1.54) is 21.9 Å². The van der Waals surface area contributed by atoms with E-state index < -0.39 is 0 Å². The van der Waals surface area contributed by atoms with Gasteiger partial charge in [0.15, 0.2) is 0 Å². The molecule has 0 aliphatic rings. The first kappa shape index (κ1) is 9.22. The molecule has 2 aromatic rings. The van der Waals surface area contributed by atoms with E-state index in [9.17, 15) is 0 Å². The van der Waals surface area contributed by atoms with Crippen LogP contribution < -0.4 is 0 Å². The second kappa shape index (κ2) is 3.81. The molecular formula is C13H14O. The Hall–Kier alpha value is -1.34. The van der Waals surface area contributed by atoms with Crippen molar-refractivity contribution in [2.75, 3.05) is 6.61 Å². The molecule has 72 valence electrons. The summed E-state index contributed by atoms with van der Waals surface area (Å²) in [6.07, 6.45) is 0.740. The van der Waals surface area contributed by atoms with Crippen LogP contribution in [0.25, 0.3) is 10.8 Å². The smallest absolute Gasteiger partial charge is 0.0471 e. The maximum absolute atomic E-state index is 8.85. The van der Waals surface area contributed by atoms with Gasteiger partial charge in [0.1, 0.15) is 0 Å². The Bertz CT molecular complexity index is 446. The summed E-state index contributed by atoms with van der Waals surface area (Å²) in [5.74, 6) is 0. The molecular weight excluding hydrogens is 172 g/mol. The number of benzene rings is 2. The lowest BCUT2D eigenvalue weighted by Crippen LogP contribution is -1.89. The topological polar surface area (TPSA) is 20.2 Å². The third-order valence-electron chi connectivity index (χ3n) is 2.46. The van der Waals surface area contributed by atoms with Gasteiger partial charge in [0.2, 0.25) is 0 Å². The van der Waals surface area contributed by atoms with Gasteiger partial charge in [-0.1, -0.05) is 42.0 Å². The molecule has 0 aromatic heterocycles. The van der Waals surface area contributed by atoms with Gasteiger partial charge in [-0.2, -0.15) is 0 Å². The highest BCUT2D eigenvalue weighted by Crippen LogP contribution is 2.17. The number of hydrogen-bond acceptors (Lipinski definition) is 1. The van der Waals surface area contributed by atoms with E-state index in [4.69, 9.17) is 5.11 Å². The first-order chi connectivity index (χ1) is 6.79. The van der Waals surface area contributed by atoms with Crippen LogP contribution in [-0.4, -0.2) is 11.7 Å². The Balaban J connectivity index is 2.52. The monoisotopic (exact) mass is 186 g/mol. The van der Waals surface area contributed by atoms with Gasteiger partial charge in [0, 0.05) is 6.61 Å². The van der Waals surface area contributed by atoms with Gasteiger partial charge in [-0.3, -0.25) is 0 Å². The lowest BCUT2D eigenvalue weighted by molar-refractivity contribution is 0.299. The largest absolute Gasteiger partial charge is 0.396 e. The van der Waals surface area contributed by atoms with Gasteiger partial charge < -0.3 is 5.11 Å². The van der Waals surface area contributed by atoms with Crippen molar-refractivity contribution >= 4 is 10.8 Å². The Morgan fingerprint density at radius 3 is 2.57 bits per heavy atom. The van der Waals surface area contributed by atoms with Crippen LogP contribution in [0.15, 0.2) is 36.4 Å². The lowest BCUT2D eigenvalue weighted by Gasteiger charge is -2.02. The van der Waals surface area contributed by atoms with Crippen molar-refractivity contribution in [2.24, 2.45) is 0 Å². The highest BCUT2D eigenvalue weighted by Gasteiger charge is 1.96. The zero-order valence-corrected chi connectivity index (χ0v) is 8.33. The summed E-state index contributed by atoms with van der Waals surface area (Å²) >= 11 is 0. The van der Waals surface area contributed by atoms with Crippen molar-refractivity contribution in [3.8, 4) is 0 Å². The van der Waals surface area contributed by atoms with Crippen molar-refractivity contribution < 1.29 is 5.11 Å². The van der Waals surface area contributed by atoms with Crippen LogP contribution in [-0.2, 0) is 6.42 Å². The summed E-state index contributed by atoms with van der Waals surface area (Å²) in [7, 11) is 0. The number of aryl methyl sites for hydroxylation is 1. The van der Waals surface area contributed by atoms with Crippen LogP contribution in [0, 0.1) is 6.92 Å². The molecule has 0 atom stereocenters. The predicted molar refractivity (Wildman–Crippen MR) is 59.5 cm³/mol. The normalized spacial score (nSPS) is 10.7. The zero-order valence-electron chi connectivity index (χ0n) is 8.33. The van der Waals surface area contributed by atoms with Crippen molar-refractivity contribution in [3.05, 3.63) is 47.5 Å². The van der Waals surface area contributed by atoms with E-state index >= 15 is 0 Å². The molecule has 2 rings (SSSR count). The van der Waals surface area contributed by atoms with E-state index in [-0.39, 0.29) is 6.61 Å². The van der Waals surface area contributed by atoms with E-state index in [0.29, 0.717) is 0 Å². The van der Waals surface area contributed by atoms with Crippen LogP contribution in [0.3, 0.4) is 0 Å². The molecule has 2 aromatic carbocycles. The molecule has 1 heteroatoms. The summed E-state index contributed by atoms with van der Waals surface area (Å²) in [6.45, 7) is 2.31. The summed E-state index contributed by atoms with van der Waals surface area (Å²) < 4.78 is 0. The Labute approximate surface area is 84.0 Å². The van der Waals surface area contributed by atoms with Gasteiger partial charge in [-0.15, -0.1) is 0 Å². The van der Waals surface area contributed by atoms with Crippen molar-refractivity contribution in [1.82, 2.24) is 0 Å². The van der Waals surface area contributed by atoms with Crippen LogP contribution in [0.1, 0.15) is 11.1 Å². The molecule has 0 bridgehead atoms. The summed E-state index contributed by atoms with van der Waals surface area (Å²) in [5.41, 5.74) is 2.48. The molecule has 0 saturated carbocycles. The van der Waals surface area contributed by atoms with Gasteiger partial charge in [-0.25, -0.2) is 0 Å². The van der Waals surface area contributed by atoms with E-state index in [1.807, 2.05) is 0 Å². The molecule has 0 saturated heterocycles. The fraction of sp³-hybridized carbons (Fsp3) is 0.231. The zero-order chi connectivity index (χ0) is 9.97. The lowest BCUT2D eigenvalue weighted by atomic mass is 10.0. The van der Waals surface area contributed by atoms with Crippen LogP contribution in [0.4, 0.5) is 0 Å². The van der Waals surface area contributed by atoms with Gasteiger partial charge >= 0.3 is 0 Å². The van der Waals surface area contributed by atoms with E-state index in [0.717, 1.165) is 6.42 Å². The summed E-state index contributed by atoms with van der Waals surface area (Å²) in [6, 6.07) is 12.8. The number of rotatable bonds is 2. The quantitative estimate of drug-likeness (QED) is 0.764. The maximum Gasteiger partial charge on any atom is 0.0471 e. The molecule has 0 aliphatic heterocycles. The first-order valence-electron chi connectivity index (χ1n) is 4.90. The SMILES string of the molecule is Cc1ccc2ccc(CCO)cc2c1. The molecule has 0 heterocycles. The number of hydrogen-bond donors (Lipinski definition) is 1.